The van der Waals surface area contributed by atoms with E-state index in [2.05, 4.69) is 40.7 Å². The second-order valence-electron chi connectivity index (χ2n) is 22.9. The topological polar surface area (TPSA) is 209 Å². The summed E-state index contributed by atoms with van der Waals surface area (Å²) in [5.41, 5.74) is 17.5. The van der Waals surface area contributed by atoms with Gasteiger partial charge < -0.3 is 29.4 Å². The summed E-state index contributed by atoms with van der Waals surface area (Å²) in [4.78, 5) is 86.8. The molecule has 2 aliphatic rings. The van der Waals surface area contributed by atoms with Crippen LogP contribution < -0.4 is 16.9 Å². The number of carboxylic acids is 1. The van der Waals surface area contributed by atoms with Gasteiger partial charge in [-0.2, -0.15) is 27.0 Å². The summed E-state index contributed by atoms with van der Waals surface area (Å²) < 4.78 is 38.6. The highest BCUT2D eigenvalue weighted by atomic mass is 32.1. The summed E-state index contributed by atoms with van der Waals surface area (Å²) in [6.07, 6.45) is 9.85. The molecule has 2 aliphatic heterocycles. The number of hydrogen-bond acceptors (Lipinski definition) is 13. The first-order valence-corrected chi connectivity index (χ1v) is 28.3. The van der Waals surface area contributed by atoms with Crippen LogP contribution in [0.4, 0.5) is 8.78 Å². The fraction of sp³-hybridized carbons (Fsp3) is 0.455. The molecule has 0 radical (unpaired) electrons. The van der Waals surface area contributed by atoms with E-state index in [9.17, 15) is 42.7 Å². The van der Waals surface area contributed by atoms with Gasteiger partial charge in [-0.15, -0.1) is 0 Å². The van der Waals surface area contributed by atoms with Gasteiger partial charge in [-0.05, 0) is 120 Å². The van der Waals surface area contributed by atoms with Crippen LogP contribution in [0.1, 0.15) is 136 Å². The zero-order valence-electron chi connectivity index (χ0n) is 50.5. The van der Waals surface area contributed by atoms with Crippen LogP contribution in [0.3, 0.4) is 0 Å². The Bertz CT molecular complexity index is 3290. The van der Waals surface area contributed by atoms with E-state index in [1.54, 1.807) is 43.1 Å². The number of nitrogens with zero attached hydrogens (tertiary/aromatic N) is 6. The highest BCUT2D eigenvalue weighted by molar-refractivity contribution is 7.59. The lowest BCUT2D eigenvalue weighted by Gasteiger charge is -2.34. The number of hydrogen-bond donors (Lipinski definition) is 2. The Morgan fingerprint density at radius 3 is 1.41 bits per heavy atom. The monoisotopic (exact) mass is 1230 g/mol. The third kappa shape index (κ3) is 20.7. The van der Waals surface area contributed by atoms with Crippen molar-refractivity contribution in [3.63, 3.8) is 0 Å². The number of aryl methyl sites for hydroxylation is 4. The molecular formula is C66H89F2N7O9S2. The van der Waals surface area contributed by atoms with Gasteiger partial charge in [0.15, 0.2) is 5.78 Å². The number of carbonyl (C=O) groups is 4. The molecule has 2 aromatic carbocycles. The van der Waals surface area contributed by atoms with Crippen molar-refractivity contribution in [2.75, 3.05) is 40.4 Å². The summed E-state index contributed by atoms with van der Waals surface area (Å²) in [6, 6.07) is 20.6. The van der Waals surface area contributed by atoms with Crippen molar-refractivity contribution in [2.24, 2.45) is 17.6 Å². The van der Waals surface area contributed by atoms with Crippen LogP contribution in [-0.2, 0) is 41.7 Å². The number of aromatic nitrogens is 4. The lowest BCUT2D eigenvalue weighted by atomic mass is 9.86. The van der Waals surface area contributed by atoms with Crippen LogP contribution in [0, 0.1) is 39.5 Å². The first-order valence-electron chi connectivity index (χ1n) is 28.3. The molecule has 2 unspecified atom stereocenters. The van der Waals surface area contributed by atoms with Crippen LogP contribution in [0.25, 0.3) is 22.3 Å². The Balaban J connectivity index is 0.000000364. The number of halogens is 2. The molecular weight excluding hydrogens is 1140 g/mol. The van der Waals surface area contributed by atoms with Crippen molar-refractivity contribution in [3.05, 3.63) is 175 Å². The van der Waals surface area contributed by atoms with Crippen LogP contribution in [0.2, 0.25) is 0 Å². The molecule has 0 amide bonds. The third-order valence-electron chi connectivity index (χ3n) is 15.0. The standard InChI is InChI=1S/C33H40FN3O4.C17H20N2O2.C15H21FN2O3.CH4.2H2S/c1-21(2)11-29(37-18-24(9-10-31(37)39)17-36-19-28(34)20-36)30(38)13-25(14-32(40)41-5)26-12-27(16-35-15-26)33-22(3)7-6-8-23(33)4;1-11-5-4-6-12(2)17(11)14-7-13(9-19-10-14)15(18)8-16(20)21-3;1-10(2)5-13(15(20)21)18-7-11(3-4-14(18)19)6-17-8-12(16)9-17;;;/h6-10,12,15-16,18,21,25,28-29H,11,13-14,17,19-20H2,1-5H3;4-7,9-10,15H,8,18H2,1-3H3;3-4,7,10,12-13H,5-6,8-9H2,1-2H3,(H,20,21);1H4;2*1H2/t25-,29?;15-;;;;/m00..../s1. The maximum Gasteiger partial charge on any atom is 0.326 e. The number of ketones is 1. The number of rotatable bonds is 22. The number of aliphatic carboxylic acids is 1. The quantitative estimate of drug-likeness (QED) is 0.0606. The number of esters is 2. The van der Waals surface area contributed by atoms with E-state index in [0.717, 1.165) is 55.6 Å². The fourth-order valence-corrected chi connectivity index (χ4v) is 10.7. The molecule has 0 aliphatic carbocycles. The maximum atomic E-state index is 14.0. The number of likely N-dealkylation sites (tertiary alicyclic amines) is 2. The van der Waals surface area contributed by atoms with Gasteiger partial charge >= 0.3 is 17.9 Å². The normalized spacial score (nSPS) is 14.6. The van der Waals surface area contributed by atoms with E-state index in [-0.39, 0.29) is 88.4 Å². The molecule has 4 atom stereocenters. The molecule has 2 fully saturated rings. The van der Waals surface area contributed by atoms with Crippen molar-refractivity contribution in [2.45, 2.75) is 144 Å². The Hall–Kier alpha value is -6.84. The van der Waals surface area contributed by atoms with Crippen molar-refractivity contribution >= 4 is 50.7 Å². The predicted octanol–water partition coefficient (Wildman–Crippen LogP) is 11.0. The number of nitrogens with two attached hydrogens (primary N) is 1. The Morgan fingerprint density at radius 1 is 0.605 bits per heavy atom. The minimum atomic E-state index is -1.00. The second-order valence-corrected chi connectivity index (χ2v) is 22.9. The highest BCUT2D eigenvalue weighted by Gasteiger charge is 2.31. The molecule has 6 aromatic rings. The van der Waals surface area contributed by atoms with E-state index in [4.69, 9.17) is 10.5 Å². The SMILES string of the molecule is C.CC(C)CC(C(=O)O)n1cc(CN2CC(F)C2)ccc1=O.COC(=O)C[C@H](CC(=O)C(CC(C)C)n1cc(CN2CC(F)C2)ccc1=O)c1cncc(-c2c(C)cccc2C)c1.COC(=O)C[C@H](N)c1cncc(-c2c(C)cccc2C)c1.S.S. The van der Waals surface area contributed by atoms with Gasteiger partial charge in [0.2, 0.25) is 0 Å². The molecule has 468 valence electrons. The molecule has 6 heterocycles. The van der Waals surface area contributed by atoms with Crippen molar-refractivity contribution < 1.29 is 42.5 Å². The van der Waals surface area contributed by atoms with Gasteiger partial charge in [-0.1, -0.05) is 83.7 Å². The molecule has 0 saturated carbocycles. The largest absolute Gasteiger partial charge is 0.480 e. The first-order chi connectivity index (χ1) is 39.4. The minimum Gasteiger partial charge on any atom is -0.480 e. The number of pyridine rings is 4. The summed E-state index contributed by atoms with van der Waals surface area (Å²) in [5.74, 6) is -2.02. The summed E-state index contributed by atoms with van der Waals surface area (Å²) >= 11 is 0. The minimum absolute atomic E-state index is 0. The third-order valence-corrected chi connectivity index (χ3v) is 15.0. The number of carboxylic acid groups (broad SMARTS) is 1. The van der Waals surface area contributed by atoms with E-state index >= 15 is 0 Å². The lowest BCUT2D eigenvalue weighted by Crippen LogP contribution is -2.47. The van der Waals surface area contributed by atoms with E-state index in [1.165, 1.54) is 46.6 Å². The molecule has 8 rings (SSSR count). The Kier molecular flexibility index (Phi) is 29.4. The smallest absolute Gasteiger partial charge is 0.326 e. The molecule has 0 spiro atoms. The molecule has 20 heteroatoms. The maximum absolute atomic E-state index is 14.0. The van der Waals surface area contributed by atoms with Gasteiger partial charge in [-0.3, -0.25) is 43.7 Å². The molecule has 3 N–H and O–H groups in total. The van der Waals surface area contributed by atoms with Crippen LogP contribution in [0.5, 0.6) is 0 Å². The fourth-order valence-electron chi connectivity index (χ4n) is 10.7. The number of ether oxygens (including phenoxy) is 2. The molecule has 16 nitrogen and oxygen atoms in total. The van der Waals surface area contributed by atoms with E-state index in [1.807, 2.05) is 93.9 Å². The molecule has 4 aromatic heterocycles. The number of carbonyl (C=O) groups excluding carboxylic acids is 3. The molecule has 2 saturated heterocycles. The Labute approximate surface area is 519 Å². The number of benzene rings is 2. The number of Topliss-reactive ketones (excluding diaryl/α,β-unsaturated/α-hetero) is 1. The van der Waals surface area contributed by atoms with E-state index in [0.29, 0.717) is 52.1 Å². The average Bonchev–Trinajstić information content (AvgIpc) is 1.68. The highest BCUT2D eigenvalue weighted by Crippen LogP contribution is 2.34. The summed E-state index contributed by atoms with van der Waals surface area (Å²) in [5, 5.41) is 9.35. The average molecular weight is 1230 g/mol. The summed E-state index contributed by atoms with van der Waals surface area (Å²) in [7, 11) is 2.70. The van der Waals surface area contributed by atoms with Gasteiger partial charge in [-0.25, -0.2) is 13.6 Å². The zero-order valence-corrected chi connectivity index (χ0v) is 52.5. The Morgan fingerprint density at radius 2 is 1.00 bits per heavy atom. The lowest BCUT2D eigenvalue weighted by molar-refractivity contribution is -0.142. The van der Waals surface area contributed by atoms with Gasteiger partial charge in [0.05, 0.1) is 33.1 Å². The van der Waals surface area contributed by atoms with Gasteiger partial charge in [0.1, 0.15) is 18.4 Å². The summed E-state index contributed by atoms with van der Waals surface area (Å²) in [6.45, 7) is 18.7. The van der Waals surface area contributed by atoms with Crippen molar-refractivity contribution in [3.8, 4) is 22.3 Å². The zero-order chi connectivity index (χ0) is 60.7. The van der Waals surface area contributed by atoms with Crippen molar-refractivity contribution in [1.29, 1.82) is 0 Å². The number of alkyl halides is 2. The molecule has 86 heavy (non-hydrogen) atoms. The van der Waals surface area contributed by atoms with Gasteiger partial charge in [0, 0.05) is 118 Å². The van der Waals surface area contributed by atoms with E-state index < -0.39 is 48.3 Å². The second kappa shape index (κ2) is 34.5. The van der Waals surface area contributed by atoms with Gasteiger partial charge in [0.25, 0.3) is 11.1 Å². The first kappa shape index (κ1) is 73.4. The number of methoxy groups -OCH3 is 2. The van der Waals surface area contributed by atoms with Crippen LogP contribution in [0.15, 0.2) is 120 Å². The predicted molar refractivity (Wildman–Crippen MR) is 345 cm³/mol. The van der Waals surface area contributed by atoms with Crippen molar-refractivity contribution in [1.82, 2.24) is 28.9 Å². The van der Waals surface area contributed by atoms with Crippen LogP contribution in [-0.4, -0.2) is 110 Å². The molecule has 0 bridgehead atoms. The van der Waals surface area contributed by atoms with Crippen LogP contribution >= 0.6 is 27.0 Å².